The first-order valence-electron chi connectivity index (χ1n) is 8.94. The zero-order chi connectivity index (χ0) is 18.4. The van der Waals surface area contributed by atoms with Gasteiger partial charge in [-0.25, -0.2) is 0 Å². The summed E-state index contributed by atoms with van der Waals surface area (Å²) in [5.74, 6) is -0.284. The van der Waals surface area contributed by atoms with E-state index in [0.717, 1.165) is 32.6 Å². The molecule has 0 bridgehead atoms. The van der Waals surface area contributed by atoms with Crippen molar-refractivity contribution in [3.63, 3.8) is 0 Å². The number of piperazine rings is 1. The standard InChI is InChI=1S/C20H28N4O/c1-5-16(3)22-20(25)18(13-21)14-23-9-11-24(12-10-23)19-8-6-7-15(2)17(19)4/h6-8,14,16H,5,9-12H2,1-4H3,(H,22,25)/b18-14-. The van der Waals surface area contributed by atoms with Crippen LogP contribution in [0.15, 0.2) is 30.0 Å². The van der Waals surface area contributed by atoms with Crippen molar-refractivity contribution in [3.05, 3.63) is 41.1 Å². The van der Waals surface area contributed by atoms with Gasteiger partial charge in [0.05, 0.1) is 0 Å². The normalized spacial score (nSPS) is 16.4. The second-order valence-corrected chi connectivity index (χ2v) is 6.68. The highest BCUT2D eigenvalue weighted by Gasteiger charge is 2.19. The van der Waals surface area contributed by atoms with E-state index in [-0.39, 0.29) is 17.5 Å². The summed E-state index contributed by atoms with van der Waals surface area (Å²) in [5.41, 5.74) is 4.07. The van der Waals surface area contributed by atoms with E-state index in [1.807, 2.05) is 19.9 Å². The van der Waals surface area contributed by atoms with Gasteiger partial charge in [-0.15, -0.1) is 0 Å². The number of nitriles is 1. The van der Waals surface area contributed by atoms with Crippen molar-refractivity contribution in [2.75, 3.05) is 31.1 Å². The van der Waals surface area contributed by atoms with Crippen LogP contribution >= 0.6 is 0 Å². The minimum atomic E-state index is -0.284. The molecule has 1 fully saturated rings. The van der Waals surface area contributed by atoms with Gasteiger partial charge < -0.3 is 15.1 Å². The van der Waals surface area contributed by atoms with Gasteiger partial charge in [0, 0.05) is 44.1 Å². The molecular weight excluding hydrogens is 312 g/mol. The van der Waals surface area contributed by atoms with Crippen LogP contribution < -0.4 is 10.2 Å². The Morgan fingerprint density at radius 2 is 2.00 bits per heavy atom. The largest absolute Gasteiger partial charge is 0.373 e. The minimum absolute atomic E-state index is 0.0744. The maximum atomic E-state index is 12.1. The Labute approximate surface area is 150 Å². The number of carbonyl (C=O) groups excluding carboxylic acids is 1. The van der Waals surface area contributed by atoms with E-state index >= 15 is 0 Å². The minimum Gasteiger partial charge on any atom is -0.373 e. The number of amides is 1. The van der Waals surface area contributed by atoms with Crippen molar-refractivity contribution in [1.82, 2.24) is 10.2 Å². The fourth-order valence-corrected chi connectivity index (χ4v) is 2.89. The lowest BCUT2D eigenvalue weighted by Gasteiger charge is -2.36. The summed E-state index contributed by atoms with van der Waals surface area (Å²) in [6, 6.07) is 8.49. The Bertz CT molecular complexity index is 681. The molecule has 0 radical (unpaired) electrons. The summed E-state index contributed by atoms with van der Waals surface area (Å²) in [7, 11) is 0. The van der Waals surface area contributed by atoms with Gasteiger partial charge in [0.15, 0.2) is 0 Å². The smallest absolute Gasteiger partial charge is 0.263 e. The highest BCUT2D eigenvalue weighted by Crippen LogP contribution is 2.24. The van der Waals surface area contributed by atoms with E-state index in [9.17, 15) is 10.1 Å². The number of aryl methyl sites for hydroxylation is 1. The van der Waals surface area contributed by atoms with Crippen LogP contribution in [0.25, 0.3) is 0 Å². The third kappa shape index (κ3) is 4.76. The van der Waals surface area contributed by atoms with Crippen LogP contribution in [0.5, 0.6) is 0 Å². The molecule has 1 heterocycles. The highest BCUT2D eigenvalue weighted by atomic mass is 16.1. The third-order valence-corrected chi connectivity index (χ3v) is 4.90. The van der Waals surface area contributed by atoms with Crippen LogP contribution in [0.2, 0.25) is 0 Å². The van der Waals surface area contributed by atoms with Gasteiger partial charge in [0.25, 0.3) is 5.91 Å². The molecule has 134 valence electrons. The molecule has 5 nitrogen and oxygen atoms in total. The molecule has 0 aliphatic carbocycles. The molecule has 0 saturated carbocycles. The number of carbonyl (C=O) groups is 1. The quantitative estimate of drug-likeness (QED) is 0.661. The Hall–Kier alpha value is -2.48. The lowest BCUT2D eigenvalue weighted by Crippen LogP contribution is -2.45. The van der Waals surface area contributed by atoms with E-state index in [2.05, 4.69) is 47.2 Å². The van der Waals surface area contributed by atoms with E-state index in [1.54, 1.807) is 6.20 Å². The third-order valence-electron chi connectivity index (χ3n) is 4.90. The molecule has 1 amide bonds. The molecule has 1 aliphatic rings. The predicted octanol–water partition coefficient (Wildman–Crippen LogP) is 2.75. The second-order valence-electron chi connectivity index (χ2n) is 6.68. The van der Waals surface area contributed by atoms with Crippen LogP contribution in [0.1, 0.15) is 31.4 Å². The van der Waals surface area contributed by atoms with Gasteiger partial charge >= 0.3 is 0 Å². The van der Waals surface area contributed by atoms with E-state index in [0.29, 0.717) is 0 Å². The molecule has 1 aromatic rings. The lowest BCUT2D eigenvalue weighted by molar-refractivity contribution is -0.117. The number of benzene rings is 1. The number of nitrogens with one attached hydrogen (secondary N) is 1. The average Bonchev–Trinajstić information content (AvgIpc) is 2.62. The first kappa shape index (κ1) is 18.9. The molecule has 1 unspecified atom stereocenters. The zero-order valence-electron chi connectivity index (χ0n) is 15.7. The fraction of sp³-hybridized carbons (Fsp3) is 0.500. The Morgan fingerprint density at radius 3 is 2.60 bits per heavy atom. The van der Waals surface area contributed by atoms with E-state index in [4.69, 9.17) is 0 Å². The summed E-state index contributed by atoms with van der Waals surface area (Å²) in [6.45, 7) is 11.6. The Morgan fingerprint density at radius 1 is 1.32 bits per heavy atom. The number of nitrogens with zero attached hydrogens (tertiary/aromatic N) is 3. The molecule has 1 atom stereocenters. The molecule has 0 spiro atoms. The highest BCUT2D eigenvalue weighted by molar-refractivity contribution is 5.97. The SMILES string of the molecule is CCC(C)NC(=O)/C(C#N)=C\N1CCN(c2cccc(C)c2C)CC1. The predicted molar refractivity (Wildman–Crippen MR) is 101 cm³/mol. The number of hydrogen-bond acceptors (Lipinski definition) is 4. The number of anilines is 1. The van der Waals surface area contributed by atoms with Crippen molar-refractivity contribution in [2.24, 2.45) is 0 Å². The second kappa shape index (κ2) is 8.57. The first-order chi connectivity index (χ1) is 12.0. The van der Waals surface area contributed by atoms with Gasteiger partial charge in [-0.1, -0.05) is 19.1 Å². The van der Waals surface area contributed by atoms with Crippen LogP contribution in [-0.4, -0.2) is 43.0 Å². The molecule has 1 aliphatic heterocycles. The monoisotopic (exact) mass is 340 g/mol. The summed E-state index contributed by atoms with van der Waals surface area (Å²) in [5, 5.41) is 12.1. The van der Waals surface area contributed by atoms with Crippen LogP contribution in [0.4, 0.5) is 5.69 Å². The molecular formula is C20H28N4O. The molecule has 1 N–H and O–H groups in total. The van der Waals surface area contributed by atoms with Crippen molar-refractivity contribution in [2.45, 2.75) is 40.2 Å². The van der Waals surface area contributed by atoms with E-state index in [1.165, 1.54) is 16.8 Å². The molecule has 5 heteroatoms. The molecule has 25 heavy (non-hydrogen) atoms. The topological polar surface area (TPSA) is 59.4 Å². The van der Waals surface area contributed by atoms with Gasteiger partial charge in [-0.05, 0) is 44.4 Å². The molecule has 2 rings (SSSR count). The zero-order valence-corrected chi connectivity index (χ0v) is 15.7. The van der Waals surface area contributed by atoms with Gasteiger partial charge in [-0.2, -0.15) is 5.26 Å². The van der Waals surface area contributed by atoms with Gasteiger partial charge in [0.2, 0.25) is 0 Å². The van der Waals surface area contributed by atoms with Gasteiger partial charge in [-0.3, -0.25) is 4.79 Å². The summed E-state index contributed by atoms with van der Waals surface area (Å²) < 4.78 is 0. The van der Waals surface area contributed by atoms with Gasteiger partial charge in [0.1, 0.15) is 11.6 Å². The van der Waals surface area contributed by atoms with Crippen molar-refractivity contribution < 1.29 is 4.79 Å². The fourth-order valence-electron chi connectivity index (χ4n) is 2.89. The van der Waals surface area contributed by atoms with Crippen molar-refractivity contribution in [1.29, 1.82) is 5.26 Å². The molecule has 1 saturated heterocycles. The summed E-state index contributed by atoms with van der Waals surface area (Å²) in [6.07, 6.45) is 2.55. The van der Waals surface area contributed by atoms with Crippen LogP contribution in [0.3, 0.4) is 0 Å². The van der Waals surface area contributed by atoms with Crippen molar-refractivity contribution in [3.8, 4) is 6.07 Å². The van der Waals surface area contributed by atoms with Crippen molar-refractivity contribution >= 4 is 11.6 Å². The average molecular weight is 340 g/mol. The number of rotatable bonds is 5. The molecule has 1 aromatic carbocycles. The van der Waals surface area contributed by atoms with Crippen LogP contribution in [-0.2, 0) is 4.79 Å². The maximum Gasteiger partial charge on any atom is 0.263 e. The lowest BCUT2D eigenvalue weighted by atomic mass is 10.1. The first-order valence-corrected chi connectivity index (χ1v) is 8.94. The Balaban J connectivity index is 2.00. The summed E-state index contributed by atoms with van der Waals surface area (Å²) >= 11 is 0. The number of hydrogen-bond donors (Lipinski definition) is 1. The molecule has 0 aromatic heterocycles. The van der Waals surface area contributed by atoms with Crippen LogP contribution in [0, 0.1) is 25.2 Å². The summed E-state index contributed by atoms with van der Waals surface area (Å²) in [4.78, 5) is 16.6. The maximum absolute atomic E-state index is 12.1. The van der Waals surface area contributed by atoms with E-state index < -0.39 is 0 Å². The Kier molecular flexibility index (Phi) is 6.46.